The van der Waals surface area contributed by atoms with E-state index in [0.717, 1.165) is 17.0 Å². The number of nitrogens with one attached hydrogen (secondary N) is 1. The first-order valence-corrected chi connectivity index (χ1v) is 8.30. The van der Waals surface area contributed by atoms with Gasteiger partial charge in [0.05, 0.1) is 24.2 Å². The average molecular weight is 332 g/mol. The third-order valence-electron chi connectivity index (χ3n) is 3.68. The van der Waals surface area contributed by atoms with Crippen molar-refractivity contribution in [2.24, 2.45) is 0 Å². The highest BCUT2D eigenvalue weighted by molar-refractivity contribution is 5.90. The number of aromatic nitrogens is 1. The van der Waals surface area contributed by atoms with Crippen molar-refractivity contribution in [3.8, 4) is 17.0 Å². The van der Waals surface area contributed by atoms with Crippen LogP contribution in [0.1, 0.15) is 12.8 Å². The Kier molecular flexibility index (Phi) is 5.77. The van der Waals surface area contributed by atoms with Gasteiger partial charge in [-0.05, 0) is 30.7 Å². The molecule has 4 heteroatoms. The highest BCUT2D eigenvalue weighted by atomic mass is 16.5. The van der Waals surface area contributed by atoms with E-state index in [2.05, 4.69) is 10.3 Å². The predicted octanol–water partition coefficient (Wildman–Crippen LogP) is 4.55. The molecule has 2 aromatic carbocycles. The molecule has 0 radical (unpaired) electrons. The molecule has 0 bridgehead atoms. The molecule has 0 spiro atoms. The Morgan fingerprint density at radius 3 is 2.32 bits per heavy atom. The molecule has 0 aliphatic heterocycles. The van der Waals surface area contributed by atoms with Gasteiger partial charge in [0.25, 0.3) is 0 Å². The molecule has 3 aromatic rings. The predicted molar refractivity (Wildman–Crippen MR) is 99.5 cm³/mol. The molecule has 25 heavy (non-hydrogen) atoms. The molecular weight excluding hydrogens is 312 g/mol. The first kappa shape index (κ1) is 16.7. The second kappa shape index (κ2) is 8.64. The Morgan fingerprint density at radius 1 is 0.920 bits per heavy atom. The van der Waals surface area contributed by atoms with Crippen LogP contribution in [0.3, 0.4) is 0 Å². The minimum atomic E-state index is -0.0362. The fourth-order valence-electron chi connectivity index (χ4n) is 2.41. The summed E-state index contributed by atoms with van der Waals surface area (Å²) >= 11 is 0. The zero-order valence-corrected chi connectivity index (χ0v) is 13.9. The molecule has 3 rings (SSSR count). The molecule has 0 saturated heterocycles. The largest absolute Gasteiger partial charge is 0.494 e. The summed E-state index contributed by atoms with van der Waals surface area (Å²) < 4.78 is 5.58. The fourth-order valence-corrected chi connectivity index (χ4v) is 2.41. The van der Waals surface area contributed by atoms with E-state index in [1.54, 1.807) is 6.20 Å². The van der Waals surface area contributed by atoms with Crippen LogP contribution in [0.4, 0.5) is 5.69 Å². The zero-order chi connectivity index (χ0) is 17.3. The van der Waals surface area contributed by atoms with Crippen molar-refractivity contribution in [2.45, 2.75) is 12.8 Å². The van der Waals surface area contributed by atoms with Gasteiger partial charge in [0, 0.05) is 12.0 Å². The summed E-state index contributed by atoms with van der Waals surface area (Å²) in [6.07, 6.45) is 2.75. The van der Waals surface area contributed by atoms with Gasteiger partial charge in [0.1, 0.15) is 5.75 Å². The minimum Gasteiger partial charge on any atom is -0.494 e. The number of nitrogens with zero attached hydrogens (tertiary/aromatic N) is 1. The van der Waals surface area contributed by atoms with Crippen LogP contribution in [0, 0.1) is 0 Å². The lowest BCUT2D eigenvalue weighted by molar-refractivity contribution is -0.116. The van der Waals surface area contributed by atoms with Gasteiger partial charge in [-0.1, -0.05) is 48.5 Å². The van der Waals surface area contributed by atoms with E-state index in [4.69, 9.17) is 4.74 Å². The van der Waals surface area contributed by atoms with E-state index in [0.29, 0.717) is 25.1 Å². The van der Waals surface area contributed by atoms with Crippen molar-refractivity contribution in [3.05, 3.63) is 79.0 Å². The van der Waals surface area contributed by atoms with Crippen LogP contribution < -0.4 is 10.1 Å². The quantitative estimate of drug-likeness (QED) is 0.646. The molecule has 1 amide bonds. The molecule has 0 aliphatic carbocycles. The molecule has 0 saturated carbocycles. The zero-order valence-electron chi connectivity index (χ0n) is 13.9. The normalized spacial score (nSPS) is 10.2. The van der Waals surface area contributed by atoms with Crippen molar-refractivity contribution < 1.29 is 9.53 Å². The van der Waals surface area contributed by atoms with Crippen molar-refractivity contribution in [3.63, 3.8) is 0 Å². The van der Waals surface area contributed by atoms with E-state index in [1.807, 2.05) is 72.8 Å². The lowest BCUT2D eigenvalue weighted by atomic mass is 10.1. The maximum atomic E-state index is 12.0. The second-order valence-electron chi connectivity index (χ2n) is 5.61. The standard InChI is InChI=1S/C21H20N2O2/c24-21(12-7-15-25-19-10-5-2-6-11-19)23-18-13-14-20(22-16-18)17-8-3-1-4-9-17/h1-6,8-11,13-14,16H,7,12,15H2,(H,23,24). The van der Waals surface area contributed by atoms with Crippen LogP contribution in [-0.2, 0) is 4.79 Å². The molecule has 1 N–H and O–H groups in total. The van der Waals surface area contributed by atoms with Crippen LogP contribution in [0.25, 0.3) is 11.3 Å². The van der Waals surface area contributed by atoms with E-state index >= 15 is 0 Å². The third kappa shape index (κ3) is 5.18. The number of carbonyl (C=O) groups is 1. The smallest absolute Gasteiger partial charge is 0.224 e. The first-order valence-electron chi connectivity index (χ1n) is 8.30. The van der Waals surface area contributed by atoms with Gasteiger partial charge < -0.3 is 10.1 Å². The number of para-hydroxylation sites is 1. The van der Waals surface area contributed by atoms with Gasteiger partial charge in [-0.15, -0.1) is 0 Å². The molecular formula is C21H20N2O2. The molecule has 0 fully saturated rings. The molecule has 126 valence electrons. The Balaban J connectivity index is 1.43. The molecule has 0 aliphatic rings. The number of carbonyl (C=O) groups excluding carboxylic acids is 1. The van der Waals surface area contributed by atoms with Crippen LogP contribution in [0.15, 0.2) is 79.0 Å². The van der Waals surface area contributed by atoms with E-state index in [9.17, 15) is 4.79 Å². The van der Waals surface area contributed by atoms with Gasteiger partial charge in [0.2, 0.25) is 5.91 Å². The van der Waals surface area contributed by atoms with Gasteiger partial charge in [-0.2, -0.15) is 0 Å². The van der Waals surface area contributed by atoms with Gasteiger partial charge >= 0.3 is 0 Å². The maximum Gasteiger partial charge on any atom is 0.224 e. The SMILES string of the molecule is O=C(CCCOc1ccccc1)Nc1ccc(-c2ccccc2)nc1. The monoisotopic (exact) mass is 332 g/mol. The van der Waals surface area contributed by atoms with Crippen LogP contribution in [0.2, 0.25) is 0 Å². The van der Waals surface area contributed by atoms with Crippen molar-refractivity contribution in [2.75, 3.05) is 11.9 Å². The summed E-state index contributed by atoms with van der Waals surface area (Å²) in [5, 5.41) is 2.86. The third-order valence-corrected chi connectivity index (χ3v) is 3.68. The summed E-state index contributed by atoms with van der Waals surface area (Å²) in [7, 11) is 0. The molecule has 1 aromatic heterocycles. The van der Waals surface area contributed by atoms with E-state index in [-0.39, 0.29) is 5.91 Å². The topological polar surface area (TPSA) is 51.2 Å². The first-order chi connectivity index (χ1) is 12.3. The number of amides is 1. The van der Waals surface area contributed by atoms with Gasteiger partial charge in [-0.25, -0.2) is 0 Å². The molecule has 0 unspecified atom stereocenters. The summed E-state index contributed by atoms with van der Waals surface area (Å²) in [5.74, 6) is 0.787. The van der Waals surface area contributed by atoms with Crippen LogP contribution in [0.5, 0.6) is 5.75 Å². The average Bonchev–Trinajstić information content (AvgIpc) is 2.67. The number of rotatable bonds is 7. The Bertz CT molecular complexity index is 787. The number of anilines is 1. The minimum absolute atomic E-state index is 0.0362. The number of benzene rings is 2. The maximum absolute atomic E-state index is 12.0. The van der Waals surface area contributed by atoms with Crippen molar-refractivity contribution in [1.82, 2.24) is 4.98 Å². The number of pyridine rings is 1. The lowest BCUT2D eigenvalue weighted by Gasteiger charge is -2.07. The summed E-state index contributed by atoms with van der Waals surface area (Å²) in [6.45, 7) is 0.516. The van der Waals surface area contributed by atoms with Crippen LogP contribution in [-0.4, -0.2) is 17.5 Å². The highest BCUT2D eigenvalue weighted by Gasteiger charge is 2.04. The van der Waals surface area contributed by atoms with Crippen molar-refractivity contribution in [1.29, 1.82) is 0 Å². The molecule has 0 atom stereocenters. The number of hydrogen-bond donors (Lipinski definition) is 1. The fraction of sp³-hybridized carbons (Fsp3) is 0.143. The van der Waals surface area contributed by atoms with E-state index in [1.165, 1.54) is 0 Å². The summed E-state index contributed by atoms with van der Waals surface area (Å²) in [4.78, 5) is 16.4. The second-order valence-corrected chi connectivity index (χ2v) is 5.61. The highest BCUT2D eigenvalue weighted by Crippen LogP contribution is 2.18. The van der Waals surface area contributed by atoms with E-state index < -0.39 is 0 Å². The van der Waals surface area contributed by atoms with Crippen LogP contribution >= 0.6 is 0 Å². The number of ether oxygens (including phenoxy) is 1. The Morgan fingerprint density at radius 2 is 1.64 bits per heavy atom. The summed E-state index contributed by atoms with van der Waals surface area (Å²) in [5.41, 5.74) is 2.64. The Labute approximate surface area is 147 Å². The summed E-state index contributed by atoms with van der Waals surface area (Å²) in [6, 6.07) is 23.3. The lowest BCUT2D eigenvalue weighted by Crippen LogP contribution is -2.13. The van der Waals surface area contributed by atoms with Gasteiger partial charge in [0.15, 0.2) is 0 Å². The Hall–Kier alpha value is -3.14. The van der Waals surface area contributed by atoms with Gasteiger partial charge in [-0.3, -0.25) is 9.78 Å². The molecule has 1 heterocycles. The number of hydrogen-bond acceptors (Lipinski definition) is 3. The molecule has 4 nitrogen and oxygen atoms in total. The van der Waals surface area contributed by atoms with Crippen molar-refractivity contribution >= 4 is 11.6 Å².